The molecule has 0 spiro atoms. The number of rotatable bonds is 10. The number of ether oxygens (including phenoxy) is 4. The molecule has 2 aromatic rings. The fraction of sp³-hybridized carbons (Fsp3) is 0.200. The van der Waals surface area contributed by atoms with E-state index in [0.29, 0.717) is 12.4 Å². The van der Waals surface area contributed by atoms with E-state index in [4.69, 9.17) is 18.9 Å². The minimum atomic E-state index is -0.622. The molecule has 0 aromatic heterocycles. The maximum Gasteiger partial charge on any atom is 0.338 e. The average molecular weight is 422 g/mol. The van der Waals surface area contributed by atoms with E-state index in [1.165, 1.54) is 13.8 Å². The highest BCUT2D eigenvalue weighted by atomic mass is 16.7. The lowest BCUT2D eigenvalue weighted by Crippen LogP contribution is -2.12. The van der Waals surface area contributed by atoms with Gasteiger partial charge in [0.25, 0.3) is 0 Å². The lowest BCUT2D eigenvalue weighted by atomic mass is 10.0. The summed E-state index contributed by atoms with van der Waals surface area (Å²) in [5.41, 5.74) is 2.96. The zero-order valence-corrected chi connectivity index (χ0v) is 18.0. The van der Waals surface area contributed by atoms with Gasteiger partial charge < -0.3 is 18.9 Å². The first kappa shape index (κ1) is 23.6. The maximum absolute atomic E-state index is 12.0. The second-order valence-corrected chi connectivity index (χ2v) is 7.09. The Balaban J connectivity index is 2.22. The average Bonchev–Trinajstić information content (AvgIpc) is 2.72. The molecule has 162 valence electrons. The van der Waals surface area contributed by atoms with Gasteiger partial charge in [-0.1, -0.05) is 43.5 Å². The van der Waals surface area contributed by atoms with Crippen molar-refractivity contribution in [2.75, 3.05) is 13.4 Å². The standard InChI is InChI=1S/C25H26O6/c1-16(2)14-28-15-29-21-10-7-19(8-11-21)20-9-12-22(30-24(26)17(3)4)23(13-20)31-25(27)18(5)6/h7-13H,1,3,5,14-15H2,2,4,6H3. The van der Waals surface area contributed by atoms with Crippen molar-refractivity contribution in [1.29, 1.82) is 0 Å². The van der Waals surface area contributed by atoms with Gasteiger partial charge in [-0.05, 0) is 56.2 Å². The number of hydrogen-bond donors (Lipinski definition) is 0. The highest BCUT2D eigenvalue weighted by Gasteiger charge is 2.16. The van der Waals surface area contributed by atoms with Crippen LogP contribution in [0.4, 0.5) is 0 Å². The minimum absolute atomic E-state index is 0.105. The molecule has 0 aliphatic rings. The Morgan fingerprint density at radius 3 is 1.87 bits per heavy atom. The van der Waals surface area contributed by atoms with Crippen molar-refractivity contribution in [3.05, 3.63) is 78.9 Å². The third-order valence-corrected chi connectivity index (χ3v) is 3.89. The molecule has 6 nitrogen and oxygen atoms in total. The number of esters is 2. The van der Waals surface area contributed by atoms with Crippen LogP contribution in [0, 0.1) is 0 Å². The van der Waals surface area contributed by atoms with Gasteiger partial charge in [-0.3, -0.25) is 0 Å². The lowest BCUT2D eigenvalue weighted by molar-refractivity contribution is -0.132. The third-order valence-electron chi connectivity index (χ3n) is 3.89. The minimum Gasteiger partial charge on any atom is -0.468 e. The maximum atomic E-state index is 12.0. The van der Waals surface area contributed by atoms with Gasteiger partial charge in [-0.2, -0.15) is 0 Å². The van der Waals surface area contributed by atoms with Crippen LogP contribution in [0.3, 0.4) is 0 Å². The molecule has 0 unspecified atom stereocenters. The van der Waals surface area contributed by atoms with Gasteiger partial charge in [0.1, 0.15) is 5.75 Å². The molecule has 31 heavy (non-hydrogen) atoms. The second kappa shape index (κ2) is 10.9. The topological polar surface area (TPSA) is 71.1 Å². The fourth-order valence-corrected chi connectivity index (χ4v) is 2.29. The summed E-state index contributed by atoms with van der Waals surface area (Å²) in [5, 5.41) is 0. The van der Waals surface area contributed by atoms with Crippen LogP contribution in [0.2, 0.25) is 0 Å². The summed E-state index contributed by atoms with van der Waals surface area (Å²) < 4.78 is 21.5. The van der Waals surface area contributed by atoms with E-state index in [0.717, 1.165) is 16.7 Å². The van der Waals surface area contributed by atoms with E-state index in [-0.39, 0.29) is 29.4 Å². The molecule has 0 heterocycles. The van der Waals surface area contributed by atoms with Crippen molar-refractivity contribution in [2.45, 2.75) is 20.8 Å². The number of benzene rings is 2. The van der Waals surface area contributed by atoms with Gasteiger partial charge in [0.15, 0.2) is 18.3 Å². The quantitative estimate of drug-likeness (QED) is 0.130. The SMILES string of the molecule is C=C(C)COCOc1ccc(-c2ccc(OC(=O)C(=C)C)c(OC(=O)C(=C)C)c2)cc1. The van der Waals surface area contributed by atoms with Crippen LogP contribution in [-0.2, 0) is 14.3 Å². The molecule has 0 radical (unpaired) electrons. The van der Waals surface area contributed by atoms with E-state index in [2.05, 4.69) is 19.7 Å². The van der Waals surface area contributed by atoms with E-state index in [1.807, 2.05) is 19.1 Å². The van der Waals surface area contributed by atoms with Crippen LogP contribution in [0.15, 0.2) is 78.9 Å². The zero-order valence-electron chi connectivity index (χ0n) is 18.0. The smallest absolute Gasteiger partial charge is 0.338 e. The summed E-state index contributed by atoms with van der Waals surface area (Å²) in [7, 11) is 0. The van der Waals surface area contributed by atoms with Crippen LogP contribution in [0.5, 0.6) is 17.2 Å². The van der Waals surface area contributed by atoms with E-state index in [9.17, 15) is 9.59 Å². The monoisotopic (exact) mass is 422 g/mol. The molecule has 2 rings (SSSR count). The molecule has 2 aromatic carbocycles. The predicted octanol–water partition coefficient (Wildman–Crippen LogP) is 5.25. The Morgan fingerprint density at radius 2 is 1.32 bits per heavy atom. The Hall–Kier alpha value is -3.64. The summed E-state index contributed by atoms with van der Waals surface area (Å²) in [6.07, 6.45) is 0. The lowest BCUT2D eigenvalue weighted by Gasteiger charge is -2.13. The zero-order chi connectivity index (χ0) is 23.0. The van der Waals surface area contributed by atoms with Crippen molar-refractivity contribution in [3.8, 4) is 28.4 Å². The summed E-state index contributed by atoms with van der Waals surface area (Å²) in [6.45, 7) is 16.4. The second-order valence-electron chi connectivity index (χ2n) is 7.09. The highest BCUT2D eigenvalue weighted by molar-refractivity contribution is 5.91. The summed E-state index contributed by atoms with van der Waals surface area (Å²) in [5.74, 6) is -0.375. The van der Waals surface area contributed by atoms with Crippen molar-refractivity contribution in [2.24, 2.45) is 0 Å². The van der Waals surface area contributed by atoms with Crippen LogP contribution in [0.1, 0.15) is 20.8 Å². The Morgan fingerprint density at radius 1 is 0.774 bits per heavy atom. The fourth-order valence-electron chi connectivity index (χ4n) is 2.29. The first-order valence-corrected chi connectivity index (χ1v) is 9.52. The molecule has 0 saturated carbocycles. The van der Waals surface area contributed by atoms with E-state index >= 15 is 0 Å². The third kappa shape index (κ3) is 7.28. The van der Waals surface area contributed by atoms with Gasteiger partial charge in [0, 0.05) is 11.1 Å². The Labute approximate surface area is 182 Å². The summed E-state index contributed by atoms with van der Waals surface area (Å²) in [4.78, 5) is 23.9. The Bertz CT molecular complexity index is 1000. The summed E-state index contributed by atoms with van der Waals surface area (Å²) in [6, 6.07) is 12.2. The number of carbonyl (C=O) groups excluding carboxylic acids is 2. The molecule has 6 heteroatoms. The van der Waals surface area contributed by atoms with Gasteiger partial charge in [-0.15, -0.1) is 0 Å². The van der Waals surface area contributed by atoms with Gasteiger partial charge >= 0.3 is 11.9 Å². The molecule has 0 aliphatic carbocycles. The van der Waals surface area contributed by atoms with Crippen LogP contribution in [-0.4, -0.2) is 25.3 Å². The molecule has 0 aliphatic heterocycles. The first-order valence-electron chi connectivity index (χ1n) is 9.52. The predicted molar refractivity (Wildman–Crippen MR) is 119 cm³/mol. The van der Waals surface area contributed by atoms with Gasteiger partial charge in [0.2, 0.25) is 0 Å². The van der Waals surface area contributed by atoms with Gasteiger partial charge in [-0.25, -0.2) is 9.59 Å². The molecule has 0 fully saturated rings. The van der Waals surface area contributed by atoms with Crippen molar-refractivity contribution < 1.29 is 28.5 Å². The normalized spacial score (nSPS) is 10.2. The number of carbonyl (C=O) groups is 2. The molecule has 0 amide bonds. The first-order chi connectivity index (χ1) is 14.7. The van der Waals surface area contributed by atoms with E-state index in [1.54, 1.807) is 30.3 Å². The van der Waals surface area contributed by atoms with Crippen molar-refractivity contribution in [3.63, 3.8) is 0 Å². The van der Waals surface area contributed by atoms with Crippen LogP contribution >= 0.6 is 0 Å². The largest absolute Gasteiger partial charge is 0.468 e. The molecule has 0 saturated heterocycles. The highest BCUT2D eigenvalue weighted by Crippen LogP contribution is 2.34. The molecule has 0 atom stereocenters. The van der Waals surface area contributed by atoms with Crippen LogP contribution in [0.25, 0.3) is 11.1 Å². The Kier molecular flexibility index (Phi) is 8.34. The number of hydrogen-bond acceptors (Lipinski definition) is 6. The van der Waals surface area contributed by atoms with Crippen molar-refractivity contribution in [1.82, 2.24) is 0 Å². The van der Waals surface area contributed by atoms with Gasteiger partial charge in [0.05, 0.1) is 6.61 Å². The van der Waals surface area contributed by atoms with Crippen LogP contribution < -0.4 is 14.2 Å². The summed E-state index contributed by atoms with van der Waals surface area (Å²) >= 11 is 0. The molecular formula is C25H26O6. The molecular weight excluding hydrogens is 396 g/mol. The molecule has 0 N–H and O–H groups in total. The van der Waals surface area contributed by atoms with Crippen molar-refractivity contribution >= 4 is 11.9 Å². The molecule has 0 bridgehead atoms. The van der Waals surface area contributed by atoms with E-state index < -0.39 is 11.9 Å².